The number of benzene rings is 2. The van der Waals surface area contributed by atoms with E-state index in [-0.39, 0.29) is 18.9 Å². The van der Waals surface area contributed by atoms with Gasteiger partial charge in [-0.2, -0.15) is 0 Å². The minimum absolute atomic E-state index is 0.0643. The largest absolute Gasteiger partial charge is 0.548 e. The highest BCUT2D eigenvalue weighted by Gasteiger charge is 2.27. The summed E-state index contributed by atoms with van der Waals surface area (Å²) < 4.78 is 5.15. The summed E-state index contributed by atoms with van der Waals surface area (Å²) >= 11 is 0. The second-order valence-corrected chi connectivity index (χ2v) is 7.00. The molecule has 7 heteroatoms. The SMILES string of the molecule is CC(C)[C@H](NC(=O)OCc1ccccc1)C(=O)N[C@@H](Cc1ccccc1)C(=O)[O-]. The van der Waals surface area contributed by atoms with Crippen LogP contribution in [0.15, 0.2) is 60.7 Å². The molecule has 0 radical (unpaired) electrons. The van der Waals surface area contributed by atoms with Crippen molar-refractivity contribution in [3.63, 3.8) is 0 Å². The first-order valence-corrected chi connectivity index (χ1v) is 9.39. The van der Waals surface area contributed by atoms with Gasteiger partial charge in [0.15, 0.2) is 0 Å². The number of amides is 2. The first kappa shape index (κ1) is 21.9. The van der Waals surface area contributed by atoms with Gasteiger partial charge in [0.1, 0.15) is 12.6 Å². The van der Waals surface area contributed by atoms with Crippen LogP contribution in [0.3, 0.4) is 0 Å². The standard InChI is InChI=1S/C22H26N2O5/c1-15(2)19(24-22(28)29-14-17-11-7-4-8-12-17)20(25)23-18(21(26)27)13-16-9-5-3-6-10-16/h3-12,15,18-19H,13-14H2,1-2H3,(H,23,25)(H,24,28)(H,26,27)/p-1/t18-,19-/m0/s1. The Morgan fingerprint density at radius 2 is 1.45 bits per heavy atom. The molecule has 154 valence electrons. The monoisotopic (exact) mass is 397 g/mol. The second kappa shape index (κ2) is 10.8. The van der Waals surface area contributed by atoms with Crippen molar-refractivity contribution < 1.29 is 24.2 Å². The van der Waals surface area contributed by atoms with Crippen LogP contribution in [0.4, 0.5) is 4.79 Å². The number of nitrogens with one attached hydrogen (secondary N) is 2. The summed E-state index contributed by atoms with van der Waals surface area (Å²) in [6.45, 7) is 3.55. The average Bonchev–Trinajstić information content (AvgIpc) is 2.71. The molecule has 2 aromatic rings. The molecule has 0 spiro atoms. The van der Waals surface area contributed by atoms with Gasteiger partial charge in [-0.1, -0.05) is 74.5 Å². The summed E-state index contributed by atoms with van der Waals surface area (Å²) in [7, 11) is 0. The lowest BCUT2D eigenvalue weighted by Crippen LogP contribution is -2.56. The number of alkyl carbamates (subject to hydrolysis) is 1. The van der Waals surface area contributed by atoms with Crippen LogP contribution in [0.25, 0.3) is 0 Å². The van der Waals surface area contributed by atoms with Crippen molar-refractivity contribution in [1.82, 2.24) is 10.6 Å². The highest BCUT2D eigenvalue weighted by Crippen LogP contribution is 2.07. The third kappa shape index (κ3) is 7.29. The van der Waals surface area contributed by atoms with E-state index >= 15 is 0 Å². The second-order valence-electron chi connectivity index (χ2n) is 7.00. The molecular formula is C22H25N2O5-. The Labute approximate surface area is 170 Å². The van der Waals surface area contributed by atoms with Gasteiger partial charge < -0.3 is 25.3 Å². The molecule has 0 fully saturated rings. The fourth-order valence-corrected chi connectivity index (χ4v) is 2.73. The van der Waals surface area contributed by atoms with Crippen molar-refractivity contribution in [3.05, 3.63) is 71.8 Å². The topological polar surface area (TPSA) is 108 Å². The van der Waals surface area contributed by atoms with Crippen molar-refractivity contribution in [2.24, 2.45) is 5.92 Å². The highest BCUT2D eigenvalue weighted by atomic mass is 16.5. The maximum absolute atomic E-state index is 12.6. The van der Waals surface area contributed by atoms with Gasteiger partial charge in [0.05, 0.1) is 12.0 Å². The predicted molar refractivity (Wildman–Crippen MR) is 105 cm³/mol. The lowest BCUT2D eigenvalue weighted by molar-refractivity contribution is -0.308. The molecule has 0 bridgehead atoms. The van der Waals surface area contributed by atoms with Crippen molar-refractivity contribution in [2.75, 3.05) is 0 Å². The molecule has 2 rings (SSSR count). The molecule has 7 nitrogen and oxygen atoms in total. The van der Waals surface area contributed by atoms with E-state index in [1.54, 1.807) is 38.1 Å². The van der Waals surface area contributed by atoms with Gasteiger partial charge in [0.25, 0.3) is 0 Å². The summed E-state index contributed by atoms with van der Waals surface area (Å²) in [5.41, 5.74) is 1.56. The normalized spacial score (nSPS) is 12.7. The molecule has 0 aromatic heterocycles. The number of carbonyl (C=O) groups is 3. The van der Waals surface area contributed by atoms with Gasteiger partial charge in [0.2, 0.25) is 5.91 Å². The molecule has 2 N–H and O–H groups in total. The Balaban J connectivity index is 1.96. The number of carboxylic acids is 1. The van der Waals surface area contributed by atoms with Crippen LogP contribution in [0.1, 0.15) is 25.0 Å². The zero-order chi connectivity index (χ0) is 21.2. The molecule has 0 saturated carbocycles. The minimum Gasteiger partial charge on any atom is -0.548 e. The van der Waals surface area contributed by atoms with Crippen LogP contribution >= 0.6 is 0 Å². The van der Waals surface area contributed by atoms with E-state index in [2.05, 4.69) is 10.6 Å². The quantitative estimate of drug-likeness (QED) is 0.665. The van der Waals surface area contributed by atoms with Crippen LogP contribution in [0.2, 0.25) is 0 Å². The molecule has 0 unspecified atom stereocenters. The summed E-state index contributed by atoms with van der Waals surface area (Å²) in [6.07, 6.45) is -0.672. The maximum Gasteiger partial charge on any atom is 0.408 e. The van der Waals surface area contributed by atoms with E-state index in [0.29, 0.717) is 0 Å². The number of carbonyl (C=O) groups excluding carboxylic acids is 3. The fourth-order valence-electron chi connectivity index (χ4n) is 2.73. The lowest BCUT2D eigenvalue weighted by Gasteiger charge is -2.26. The smallest absolute Gasteiger partial charge is 0.408 e. The van der Waals surface area contributed by atoms with Gasteiger partial charge in [-0.25, -0.2) is 4.79 Å². The Morgan fingerprint density at radius 1 is 0.897 bits per heavy atom. The third-order valence-corrected chi connectivity index (χ3v) is 4.32. The van der Waals surface area contributed by atoms with E-state index < -0.39 is 30.1 Å². The van der Waals surface area contributed by atoms with E-state index in [0.717, 1.165) is 11.1 Å². The molecule has 29 heavy (non-hydrogen) atoms. The van der Waals surface area contributed by atoms with Crippen LogP contribution in [0.5, 0.6) is 0 Å². The zero-order valence-corrected chi connectivity index (χ0v) is 16.5. The van der Waals surface area contributed by atoms with Gasteiger partial charge >= 0.3 is 6.09 Å². The first-order chi connectivity index (χ1) is 13.9. The van der Waals surface area contributed by atoms with Crippen LogP contribution in [-0.4, -0.2) is 30.1 Å². The third-order valence-electron chi connectivity index (χ3n) is 4.32. The Morgan fingerprint density at radius 3 is 1.97 bits per heavy atom. The fraction of sp³-hybridized carbons (Fsp3) is 0.318. The number of hydrogen-bond donors (Lipinski definition) is 2. The van der Waals surface area contributed by atoms with E-state index in [9.17, 15) is 19.5 Å². The van der Waals surface area contributed by atoms with Gasteiger partial charge in [-0.15, -0.1) is 0 Å². The molecule has 0 saturated heterocycles. The molecular weight excluding hydrogens is 372 g/mol. The lowest BCUT2D eigenvalue weighted by atomic mass is 10.0. The van der Waals surface area contributed by atoms with E-state index in [1.807, 2.05) is 36.4 Å². The minimum atomic E-state index is -1.39. The van der Waals surface area contributed by atoms with Crippen molar-refractivity contribution >= 4 is 18.0 Å². The van der Waals surface area contributed by atoms with Gasteiger partial charge in [-0.3, -0.25) is 4.79 Å². The van der Waals surface area contributed by atoms with E-state index in [1.165, 1.54) is 0 Å². The number of carboxylic acid groups (broad SMARTS) is 1. The summed E-state index contributed by atoms with van der Waals surface area (Å²) in [4.78, 5) is 36.2. The summed E-state index contributed by atoms with van der Waals surface area (Å²) in [6, 6.07) is 15.9. The molecule has 2 amide bonds. The van der Waals surface area contributed by atoms with Crippen LogP contribution < -0.4 is 15.7 Å². The molecule has 2 atom stereocenters. The van der Waals surface area contributed by atoms with Crippen LogP contribution in [0, 0.1) is 5.92 Å². The maximum atomic E-state index is 12.6. The molecule has 2 aromatic carbocycles. The molecule has 0 aliphatic heterocycles. The van der Waals surface area contributed by atoms with Crippen LogP contribution in [-0.2, 0) is 27.4 Å². The highest BCUT2D eigenvalue weighted by molar-refractivity contribution is 5.89. The number of ether oxygens (including phenoxy) is 1. The van der Waals surface area contributed by atoms with Crippen molar-refractivity contribution in [3.8, 4) is 0 Å². The predicted octanol–water partition coefficient (Wildman–Crippen LogP) is 1.41. The molecule has 0 aliphatic rings. The van der Waals surface area contributed by atoms with Crippen molar-refractivity contribution in [2.45, 2.75) is 39.0 Å². The molecule has 0 heterocycles. The number of rotatable bonds is 9. The Hall–Kier alpha value is -3.35. The Bertz CT molecular complexity index is 808. The van der Waals surface area contributed by atoms with E-state index in [4.69, 9.17) is 4.74 Å². The zero-order valence-electron chi connectivity index (χ0n) is 16.5. The first-order valence-electron chi connectivity index (χ1n) is 9.39. The summed E-state index contributed by atoms with van der Waals surface area (Å²) in [5, 5.41) is 16.4. The molecule has 0 aliphatic carbocycles. The number of hydrogen-bond acceptors (Lipinski definition) is 5. The van der Waals surface area contributed by atoms with Gasteiger partial charge in [-0.05, 0) is 23.5 Å². The summed E-state index contributed by atoms with van der Waals surface area (Å²) in [5.74, 6) is -2.28. The van der Waals surface area contributed by atoms with Crippen molar-refractivity contribution in [1.29, 1.82) is 0 Å². The number of aliphatic carboxylic acids is 1. The Kier molecular flexibility index (Phi) is 8.21. The average molecular weight is 397 g/mol. The van der Waals surface area contributed by atoms with Gasteiger partial charge in [0, 0.05) is 0 Å².